The average molecular weight is 492 g/mol. The number of nitrogens with two attached hydrogens (primary N) is 1. The molecule has 0 aromatic heterocycles. The van der Waals surface area contributed by atoms with Crippen LogP contribution < -0.4 is 11.1 Å². The SMILES string of the molecule is CCOC(=O)N1CCC(NC(N)=NC2C3CCOC3C23CCCC3)CC1.I. The molecule has 2 saturated carbocycles. The molecule has 4 aliphatic rings. The highest BCUT2D eigenvalue weighted by atomic mass is 127. The van der Waals surface area contributed by atoms with Crippen LogP contribution in [0.25, 0.3) is 0 Å². The van der Waals surface area contributed by atoms with Crippen LogP contribution in [0.5, 0.6) is 0 Å². The highest BCUT2D eigenvalue weighted by Crippen LogP contribution is 2.61. The van der Waals surface area contributed by atoms with Crippen LogP contribution in [-0.4, -0.2) is 61.4 Å². The van der Waals surface area contributed by atoms with Crippen LogP contribution in [0.4, 0.5) is 4.79 Å². The molecule has 0 aromatic rings. The third-order valence-electron chi connectivity index (χ3n) is 6.88. The summed E-state index contributed by atoms with van der Waals surface area (Å²) >= 11 is 0. The first-order valence-corrected chi connectivity index (χ1v) is 10.3. The van der Waals surface area contributed by atoms with Gasteiger partial charge in [-0.15, -0.1) is 24.0 Å². The Bertz CT molecular complexity index is 559. The molecule has 0 aromatic carbocycles. The molecule has 2 aliphatic carbocycles. The molecule has 1 spiro atoms. The first-order valence-electron chi connectivity index (χ1n) is 10.3. The molecular weight excluding hydrogens is 459 g/mol. The fourth-order valence-electron chi connectivity index (χ4n) is 5.65. The molecule has 2 heterocycles. The second-order valence-corrected chi connectivity index (χ2v) is 8.25. The molecule has 1 amide bonds. The summed E-state index contributed by atoms with van der Waals surface area (Å²) < 4.78 is 11.1. The van der Waals surface area contributed by atoms with Gasteiger partial charge in [-0.3, -0.25) is 0 Å². The predicted molar refractivity (Wildman–Crippen MR) is 114 cm³/mol. The lowest BCUT2D eigenvalue weighted by atomic mass is 9.54. The van der Waals surface area contributed by atoms with E-state index in [9.17, 15) is 4.79 Å². The minimum Gasteiger partial charge on any atom is -0.450 e. The Morgan fingerprint density at radius 1 is 1.30 bits per heavy atom. The number of hydrogen-bond donors (Lipinski definition) is 2. The van der Waals surface area contributed by atoms with Crippen molar-refractivity contribution in [2.24, 2.45) is 22.1 Å². The number of piperidine rings is 1. The van der Waals surface area contributed by atoms with Gasteiger partial charge in [0.15, 0.2) is 5.96 Å². The summed E-state index contributed by atoms with van der Waals surface area (Å²) in [5, 5.41) is 3.40. The Morgan fingerprint density at radius 3 is 2.67 bits per heavy atom. The van der Waals surface area contributed by atoms with Gasteiger partial charge in [-0.2, -0.15) is 0 Å². The minimum atomic E-state index is -0.211. The maximum absolute atomic E-state index is 11.8. The summed E-state index contributed by atoms with van der Waals surface area (Å²) in [4.78, 5) is 18.5. The van der Waals surface area contributed by atoms with Crippen LogP contribution in [0.1, 0.15) is 51.9 Å². The molecule has 4 rings (SSSR count). The van der Waals surface area contributed by atoms with E-state index in [0.717, 1.165) is 25.9 Å². The van der Waals surface area contributed by atoms with Crippen molar-refractivity contribution in [2.45, 2.75) is 70.1 Å². The third-order valence-corrected chi connectivity index (χ3v) is 6.88. The summed E-state index contributed by atoms with van der Waals surface area (Å²) in [6, 6.07) is 0.601. The fraction of sp³-hybridized carbons (Fsp3) is 0.895. The largest absolute Gasteiger partial charge is 0.450 e. The van der Waals surface area contributed by atoms with Crippen molar-refractivity contribution in [1.29, 1.82) is 0 Å². The van der Waals surface area contributed by atoms with Crippen LogP contribution >= 0.6 is 24.0 Å². The predicted octanol–water partition coefficient (Wildman–Crippen LogP) is 2.48. The molecule has 2 saturated heterocycles. The Morgan fingerprint density at radius 2 is 2.00 bits per heavy atom. The van der Waals surface area contributed by atoms with Gasteiger partial charge in [-0.25, -0.2) is 9.79 Å². The van der Waals surface area contributed by atoms with Gasteiger partial charge >= 0.3 is 6.09 Å². The fourth-order valence-corrected chi connectivity index (χ4v) is 5.65. The van der Waals surface area contributed by atoms with Crippen molar-refractivity contribution in [3.63, 3.8) is 0 Å². The topological polar surface area (TPSA) is 89.2 Å². The van der Waals surface area contributed by atoms with Crippen molar-refractivity contribution in [1.82, 2.24) is 10.2 Å². The summed E-state index contributed by atoms with van der Waals surface area (Å²) in [5.74, 6) is 1.13. The summed E-state index contributed by atoms with van der Waals surface area (Å²) in [7, 11) is 0. The van der Waals surface area contributed by atoms with E-state index in [2.05, 4.69) is 5.32 Å². The van der Waals surface area contributed by atoms with Crippen LogP contribution in [-0.2, 0) is 9.47 Å². The van der Waals surface area contributed by atoms with Gasteiger partial charge in [-0.1, -0.05) is 12.8 Å². The average Bonchev–Trinajstić information content (AvgIpc) is 3.29. The van der Waals surface area contributed by atoms with E-state index in [4.69, 9.17) is 20.2 Å². The smallest absolute Gasteiger partial charge is 0.409 e. The Balaban J connectivity index is 0.00000210. The van der Waals surface area contributed by atoms with Gasteiger partial charge in [0.2, 0.25) is 0 Å². The van der Waals surface area contributed by atoms with E-state index in [1.165, 1.54) is 25.7 Å². The number of carbonyl (C=O) groups excluding carboxylic acids is 1. The van der Waals surface area contributed by atoms with Crippen molar-refractivity contribution in [3.8, 4) is 0 Å². The molecule has 3 atom stereocenters. The zero-order valence-electron chi connectivity index (χ0n) is 16.2. The molecule has 4 fully saturated rings. The van der Waals surface area contributed by atoms with E-state index in [1.54, 1.807) is 4.90 Å². The van der Waals surface area contributed by atoms with Crippen molar-refractivity contribution < 1.29 is 14.3 Å². The Labute approximate surface area is 178 Å². The third kappa shape index (κ3) is 3.88. The number of halogens is 1. The number of carbonyl (C=O) groups is 1. The summed E-state index contributed by atoms with van der Waals surface area (Å²) in [5.41, 5.74) is 6.53. The first kappa shape index (κ1) is 21.0. The molecular formula is C19H33IN4O3. The minimum absolute atomic E-state index is 0. The second-order valence-electron chi connectivity index (χ2n) is 8.25. The number of fused-ring (bicyclic) bond motifs is 2. The van der Waals surface area contributed by atoms with Gasteiger partial charge in [0.1, 0.15) is 0 Å². The van der Waals surface area contributed by atoms with Crippen LogP contribution in [0.15, 0.2) is 4.99 Å². The lowest BCUT2D eigenvalue weighted by molar-refractivity contribution is -0.117. The number of amides is 1. The second kappa shape index (κ2) is 8.71. The summed E-state index contributed by atoms with van der Waals surface area (Å²) in [6.45, 7) is 4.54. The highest BCUT2D eigenvalue weighted by molar-refractivity contribution is 14.0. The monoisotopic (exact) mass is 492 g/mol. The molecule has 154 valence electrons. The molecule has 3 unspecified atom stereocenters. The standard InChI is InChI=1S/C19H32N4O3.HI/c1-2-25-18(24)23-10-5-13(6-11-23)21-17(20)22-15-14-7-12-26-16(14)19(15)8-3-4-9-19;/h13-16H,2-12H2,1H3,(H3,20,21,22);1H. The maximum atomic E-state index is 11.8. The van der Waals surface area contributed by atoms with Crippen LogP contribution in [0.3, 0.4) is 0 Å². The van der Waals surface area contributed by atoms with Gasteiger partial charge in [0, 0.05) is 37.1 Å². The number of rotatable bonds is 3. The van der Waals surface area contributed by atoms with Crippen molar-refractivity contribution in [3.05, 3.63) is 0 Å². The molecule has 2 aliphatic heterocycles. The molecule has 8 heteroatoms. The molecule has 0 bridgehead atoms. The Hall–Kier alpha value is -0.770. The Kier molecular flexibility index (Phi) is 6.76. The number of aliphatic imine (C=N–C) groups is 1. The van der Waals surface area contributed by atoms with E-state index < -0.39 is 0 Å². The quantitative estimate of drug-likeness (QED) is 0.359. The zero-order valence-corrected chi connectivity index (χ0v) is 18.5. The number of ether oxygens (including phenoxy) is 2. The number of nitrogens with zero attached hydrogens (tertiary/aromatic N) is 2. The van der Waals surface area contributed by atoms with Gasteiger partial charge in [0.05, 0.1) is 18.8 Å². The van der Waals surface area contributed by atoms with Gasteiger partial charge < -0.3 is 25.4 Å². The first-order chi connectivity index (χ1) is 12.6. The van der Waals surface area contributed by atoms with Crippen molar-refractivity contribution >= 4 is 36.0 Å². The van der Waals surface area contributed by atoms with Crippen LogP contribution in [0.2, 0.25) is 0 Å². The normalized spacial score (nSPS) is 32.6. The molecule has 7 nitrogen and oxygen atoms in total. The van der Waals surface area contributed by atoms with E-state index in [0.29, 0.717) is 43.7 Å². The number of nitrogens with one attached hydrogen (secondary N) is 1. The van der Waals surface area contributed by atoms with Gasteiger partial charge in [-0.05, 0) is 39.0 Å². The molecule has 27 heavy (non-hydrogen) atoms. The summed E-state index contributed by atoms with van der Waals surface area (Å²) in [6.07, 6.45) is 8.11. The van der Waals surface area contributed by atoms with Gasteiger partial charge in [0.25, 0.3) is 0 Å². The molecule has 3 N–H and O–H groups in total. The van der Waals surface area contributed by atoms with Crippen molar-refractivity contribution in [2.75, 3.05) is 26.3 Å². The number of hydrogen-bond acceptors (Lipinski definition) is 4. The zero-order chi connectivity index (χ0) is 18.1. The highest BCUT2D eigenvalue weighted by Gasteiger charge is 2.65. The van der Waals surface area contributed by atoms with E-state index >= 15 is 0 Å². The van der Waals surface area contributed by atoms with E-state index in [1.807, 2.05) is 6.92 Å². The van der Waals surface area contributed by atoms with Crippen LogP contribution in [0, 0.1) is 11.3 Å². The number of likely N-dealkylation sites (tertiary alicyclic amines) is 1. The number of guanidine groups is 1. The molecule has 0 radical (unpaired) electrons. The maximum Gasteiger partial charge on any atom is 0.409 e. The lowest BCUT2D eigenvalue weighted by Gasteiger charge is -2.54. The van der Waals surface area contributed by atoms with E-state index in [-0.39, 0.29) is 41.5 Å². The lowest BCUT2D eigenvalue weighted by Crippen LogP contribution is -2.62.